The van der Waals surface area contributed by atoms with Gasteiger partial charge in [-0.3, -0.25) is 5.32 Å². The first-order valence-electron chi connectivity index (χ1n) is 6.29. The van der Waals surface area contributed by atoms with Crippen molar-refractivity contribution in [3.63, 3.8) is 0 Å². The lowest BCUT2D eigenvalue weighted by molar-refractivity contribution is 0.122. The summed E-state index contributed by atoms with van der Waals surface area (Å²) in [6.07, 6.45) is 3.47. The molecule has 6 heteroatoms. The Hall–Kier alpha value is -1.14. The molecule has 2 amide bonds. The predicted octanol–water partition coefficient (Wildman–Crippen LogP) is 2.39. The van der Waals surface area contributed by atoms with Crippen LogP contribution in [0.25, 0.3) is 0 Å². The van der Waals surface area contributed by atoms with Gasteiger partial charge in [-0.05, 0) is 32.1 Å². The molecule has 100 valence electrons. The van der Waals surface area contributed by atoms with Gasteiger partial charge in [0.05, 0.1) is 5.69 Å². The summed E-state index contributed by atoms with van der Waals surface area (Å²) in [5.41, 5.74) is 0.920. The van der Waals surface area contributed by atoms with E-state index in [-0.39, 0.29) is 6.03 Å². The molecule has 0 atom stereocenters. The van der Waals surface area contributed by atoms with Gasteiger partial charge in [-0.2, -0.15) is 0 Å². The topological polar surface area (TPSA) is 63.2 Å². The fourth-order valence-electron chi connectivity index (χ4n) is 1.46. The Morgan fingerprint density at radius 2 is 2.44 bits per heavy atom. The van der Waals surface area contributed by atoms with E-state index in [0.717, 1.165) is 24.6 Å². The number of hydrogen-bond donors (Lipinski definition) is 2. The fourth-order valence-corrected chi connectivity index (χ4v) is 2.15. The maximum Gasteiger partial charge on any atom is 0.321 e. The van der Waals surface area contributed by atoms with Crippen molar-refractivity contribution in [1.29, 1.82) is 0 Å². The summed E-state index contributed by atoms with van der Waals surface area (Å²) in [7, 11) is 0. The summed E-state index contributed by atoms with van der Waals surface area (Å²) in [4.78, 5) is 15.6. The first kappa shape index (κ1) is 13.3. The van der Waals surface area contributed by atoms with Crippen LogP contribution in [0.2, 0.25) is 0 Å². The highest BCUT2D eigenvalue weighted by Gasteiger charge is 2.20. The number of nitrogens with zero attached hydrogens (tertiary/aromatic N) is 1. The number of thiazole rings is 1. The average molecular weight is 269 g/mol. The molecule has 1 fully saturated rings. The molecule has 0 spiro atoms. The lowest BCUT2D eigenvalue weighted by Gasteiger charge is -2.05. The molecular formula is C12H19N3O2S. The number of carbonyl (C=O) groups excluding carboxylic acids is 1. The van der Waals surface area contributed by atoms with Gasteiger partial charge in [0, 0.05) is 25.1 Å². The van der Waals surface area contributed by atoms with Crippen molar-refractivity contribution in [3.8, 4) is 0 Å². The molecule has 1 aliphatic rings. The van der Waals surface area contributed by atoms with Crippen LogP contribution in [0.5, 0.6) is 0 Å². The number of aryl methyl sites for hydroxylation is 1. The van der Waals surface area contributed by atoms with Gasteiger partial charge in [-0.25, -0.2) is 9.78 Å². The highest BCUT2D eigenvalue weighted by molar-refractivity contribution is 7.13. The largest absolute Gasteiger partial charge is 0.381 e. The average Bonchev–Trinajstić information content (AvgIpc) is 3.07. The fraction of sp³-hybridized carbons (Fsp3) is 0.667. The van der Waals surface area contributed by atoms with Crippen molar-refractivity contribution in [3.05, 3.63) is 11.1 Å². The van der Waals surface area contributed by atoms with E-state index in [2.05, 4.69) is 15.6 Å². The van der Waals surface area contributed by atoms with Crippen LogP contribution in [0.15, 0.2) is 5.38 Å². The maximum atomic E-state index is 11.5. The first-order valence-corrected chi connectivity index (χ1v) is 7.17. The zero-order valence-electron chi connectivity index (χ0n) is 10.6. The summed E-state index contributed by atoms with van der Waals surface area (Å²) >= 11 is 1.43. The van der Waals surface area contributed by atoms with E-state index in [1.807, 2.05) is 12.3 Å². The minimum Gasteiger partial charge on any atom is -0.381 e. The third-order valence-corrected chi connectivity index (χ3v) is 3.52. The number of anilines is 1. The number of ether oxygens (including phenoxy) is 1. The van der Waals surface area contributed by atoms with Gasteiger partial charge in [0.1, 0.15) is 0 Å². The van der Waals surface area contributed by atoms with E-state index in [1.54, 1.807) is 0 Å². The van der Waals surface area contributed by atoms with E-state index in [0.29, 0.717) is 18.3 Å². The highest BCUT2D eigenvalue weighted by Crippen LogP contribution is 2.28. The summed E-state index contributed by atoms with van der Waals surface area (Å²) in [6, 6.07) is -0.202. The molecule has 2 N–H and O–H groups in total. The molecule has 1 aromatic heterocycles. The molecule has 1 aliphatic carbocycles. The molecule has 1 saturated carbocycles. The van der Waals surface area contributed by atoms with Crippen LogP contribution in [-0.4, -0.2) is 30.8 Å². The van der Waals surface area contributed by atoms with Crippen molar-refractivity contribution >= 4 is 22.5 Å². The second-order valence-electron chi connectivity index (χ2n) is 4.55. The van der Waals surface area contributed by atoms with Crippen molar-refractivity contribution in [2.45, 2.75) is 26.2 Å². The van der Waals surface area contributed by atoms with Gasteiger partial charge in [-0.1, -0.05) is 0 Å². The van der Waals surface area contributed by atoms with Crippen LogP contribution >= 0.6 is 11.3 Å². The number of amides is 2. The number of nitrogens with one attached hydrogen (secondary N) is 2. The van der Waals surface area contributed by atoms with E-state index < -0.39 is 0 Å². The SMILES string of the molecule is Cc1csc(NC(=O)NCCCOCC2CC2)n1. The summed E-state index contributed by atoms with van der Waals surface area (Å²) in [6.45, 7) is 4.12. The Morgan fingerprint density at radius 1 is 1.61 bits per heavy atom. The molecule has 5 nitrogen and oxygen atoms in total. The van der Waals surface area contributed by atoms with Crippen molar-refractivity contribution < 1.29 is 9.53 Å². The molecule has 1 heterocycles. The van der Waals surface area contributed by atoms with E-state index in [9.17, 15) is 4.79 Å². The Bertz CT molecular complexity index is 390. The van der Waals surface area contributed by atoms with Gasteiger partial charge in [0.2, 0.25) is 0 Å². The van der Waals surface area contributed by atoms with Gasteiger partial charge < -0.3 is 10.1 Å². The minimum atomic E-state index is -0.202. The number of urea groups is 1. The molecule has 0 saturated heterocycles. The van der Waals surface area contributed by atoms with Gasteiger partial charge in [0.25, 0.3) is 0 Å². The van der Waals surface area contributed by atoms with Crippen LogP contribution in [0, 0.1) is 12.8 Å². The van der Waals surface area contributed by atoms with Crippen LogP contribution in [0.1, 0.15) is 25.0 Å². The smallest absolute Gasteiger partial charge is 0.321 e. The van der Waals surface area contributed by atoms with Crippen molar-refractivity contribution in [2.75, 3.05) is 25.1 Å². The van der Waals surface area contributed by atoms with Crippen LogP contribution in [0.3, 0.4) is 0 Å². The highest BCUT2D eigenvalue weighted by atomic mass is 32.1. The van der Waals surface area contributed by atoms with Crippen molar-refractivity contribution in [1.82, 2.24) is 10.3 Å². The number of aromatic nitrogens is 1. The third-order valence-electron chi connectivity index (χ3n) is 2.64. The molecule has 0 bridgehead atoms. The van der Waals surface area contributed by atoms with Gasteiger partial charge in [0.15, 0.2) is 5.13 Å². The molecule has 18 heavy (non-hydrogen) atoms. The molecule has 2 rings (SSSR count). The molecular weight excluding hydrogens is 250 g/mol. The van der Waals surface area contributed by atoms with Crippen molar-refractivity contribution in [2.24, 2.45) is 5.92 Å². The second kappa shape index (κ2) is 6.70. The molecule has 0 aromatic carbocycles. The number of rotatable bonds is 7. The van der Waals surface area contributed by atoms with E-state index >= 15 is 0 Å². The Labute approximate surface area is 111 Å². The van der Waals surface area contributed by atoms with Crippen LogP contribution in [0.4, 0.5) is 9.93 Å². The zero-order valence-corrected chi connectivity index (χ0v) is 11.4. The quantitative estimate of drug-likeness (QED) is 0.747. The molecule has 0 aliphatic heterocycles. The number of hydrogen-bond acceptors (Lipinski definition) is 4. The van der Waals surface area contributed by atoms with Gasteiger partial charge in [-0.15, -0.1) is 11.3 Å². The predicted molar refractivity (Wildman–Crippen MR) is 72.0 cm³/mol. The van der Waals surface area contributed by atoms with E-state index in [4.69, 9.17) is 4.74 Å². The maximum absolute atomic E-state index is 11.5. The Morgan fingerprint density at radius 3 is 3.11 bits per heavy atom. The molecule has 0 unspecified atom stereocenters. The summed E-state index contributed by atoms with van der Waals surface area (Å²) < 4.78 is 5.48. The Kier molecular flexibility index (Phi) is 4.95. The molecule has 1 aromatic rings. The number of carbonyl (C=O) groups is 1. The first-order chi connectivity index (χ1) is 8.74. The molecule has 0 radical (unpaired) electrons. The summed E-state index contributed by atoms with van der Waals surface area (Å²) in [5, 5.41) is 8.02. The second-order valence-corrected chi connectivity index (χ2v) is 5.40. The zero-order chi connectivity index (χ0) is 12.8. The van der Waals surface area contributed by atoms with Crippen LogP contribution in [-0.2, 0) is 4.74 Å². The van der Waals surface area contributed by atoms with Gasteiger partial charge >= 0.3 is 6.03 Å². The summed E-state index contributed by atoms with van der Waals surface area (Å²) in [5.74, 6) is 0.800. The van der Waals surface area contributed by atoms with E-state index in [1.165, 1.54) is 24.2 Å². The standard InChI is InChI=1S/C12H19N3O2S/c1-9-8-18-12(14-9)15-11(16)13-5-2-6-17-7-10-3-4-10/h8,10H,2-7H2,1H3,(H2,13,14,15,16). The monoisotopic (exact) mass is 269 g/mol. The minimum absolute atomic E-state index is 0.202. The van der Waals surface area contributed by atoms with Crippen LogP contribution < -0.4 is 10.6 Å². The Balaban J connectivity index is 1.48. The lowest BCUT2D eigenvalue weighted by atomic mass is 10.4. The normalized spacial score (nSPS) is 14.5. The lowest BCUT2D eigenvalue weighted by Crippen LogP contribution is -2.30. The third kappa shape index (κ3) is 5.01.